The Hall–Kier alpha value is -2.88. The summed E-state index contributed by atoms with van der Waals surface area (Å²) in [5.41, 5.74) is 3.46. The van der Waals surface area contributed by atoms with Crippen LogP contribution in [0.25, 0.3) is 0 Å². The molecule has 1 aliphatic rings. The fraction of sp³-hybridized carbons (Fsp3) is 0.429. The van der Waals surface area contributed by atoms with Crippen LogP contribution in [0.2, 0.25) is 5.02 Å². The molecular formula is C28H36ClN5O3S. The number of nitrogens with zero attached hydrogens (tertiary/aromatic N) is 2. The van der Waals surface area contributed by atoms with Crippen LogP contribution in [0.3, 0.4) is 0 Å². The standard InChI is InChI=1S/C28H36ClN5O3S/c1-17(2)37-25-15-21(20-10-12-30-13-11-20)19(5)14-24(25)33-28-31-16-22(29)27(34-28)32-23-8-6-7-9-26(23)38(35,36)18(3)4/h6-9,14-18,20,30H,10-13H2,1-5H3,(H2,31,32,33,34)/i7D. The van der Waals surface area contributed by atoms with Crippen LogP contribution in [-0.2, 0) is 9.84 Å². The third-order valence-corrected chi connectivity index (χ3v) is 8.98. The zero-order valence-corrected chi connectivity index (χ0v) is 24.0. The summed E-state index contributed by atoms with van der Waals surface area (Å²) < 4.78 is 40.0. The molecule has 3 aromatic rings. The Kier molecular flexibility index (Phi) is 8.35. The third kappa shape index (κ3) is 6.39. The van der Waals surface area contributed by atoms with Gasteiger partial charge in [0.2, 0.25) is 5.95 Å². The zero-order chi connectivity index (χ0) is 28.3. The summed E-state index contributed by atoms with van der Waals surface area (Å²) in [6.45, 7) is 11.3. The highest BCUT2D eigenvalue weighted by Gasteiger charge is 2.24. The monoisotopic (exact) mass is 558 g/mol. The second-order valence-electron chi connectivity index (χ2n) is 10.1. The van der Waals surface area contributed by atoms with E-state index in [1.807, 2.05) is 13.8 Å². The first-order chi connectivity index (χ1) is 18.5. The van der Waals surface area contributed by atoms with Crippen molar-refractivity contribution >= 4 is 44.6 Å². The second-order valence-corrected chi connectivity index (χ2v) is 12.9. The predicted octanol–water partition coefficient (Wildman–Crippen LogP) is 6.36. The van der Waals surface area contributed by atoms with Crippen molar-refractivity contribution in [3.63, 3.8) is 0 Å². The molecule has 0 bridgehead atoms. The minimum Gasteiger partial charge on any atom is -0.489 e. The molecule has 38 heavy (non-hydrogen) atoms. The molecule has 2 heterocycles. The molecule has 0 amide bonds. The molecule has 0 unspecified atom stereocenters. The Morgan fingerprint density at radius 3 is 2.55 bits per heavy atom. The molecule has 2 aromatic carbocycles. The lowest BCUT2D eigenvalue weighted by molar-refractivity contribution is 0.243. The normalized spacial score (nSPS) is 15.0. The van der Waals surface area contributed by atoms with Gasteiger partial charge in [0.15, 0.2) is 15.7 Å². The molecule has 1 fully saturated rings. The summed E-state index contributed by atoms with van der Waals surface area (Å²) in [4.78, 5) is 8.91. The highest BCUT2D eigenvalue weighted by atomic mass is 35.5. The Labute approximate surface area is 231 Å². The van der Waals surface area contributed by atoms with Gasteiger partial charge in [0.05, 0.1) is 35.2 Å². The van der Waals surface area contributed by atoms with E-state index in [4.69, 9.17) is 17.7 Å². The van der Waals surface area contributed by atoms with Gasteiger partial charge in [0.25, 0.3) is 0 Å². The summed E-state index contributed by atoms with van der Waals surface area (Å²) in [7, 11) is -3.66. The first-order valence-corrected chi connectivity index (χ1v) is 14.8. The van der Waals surface area contributed by atoms with Crippen LogP contribution in [0, 0.1) is 6.92 Å². The molecule has 10 heteroatoms. The molecule has 8 nitrogen and oxygen atoms in total. The van der Waals surface area contributed by atoms with Crippen molar-refractivity contribution in [3.8, 4) is 5.75 Å². The molecule has 0 radical (unpaired) electrons. The van der Waals surface area contributed by atoms with Crippen molar-refractivity contribution in [3.05, 3.63) is 58.7 Å². The minimum absolute atomic E-state index is 0.0194. The Morgan fingerprint density at radius 2 is 1.87 bits per heavy atom. The molecule has 204 valence electrons. The Morgan fingerprint density at radius 1 is 1.13 bits per heavy atom. The molecule has 1 aliphatic heterocycles. The summed E-state index contributed by atoms with van der Waals surface area (Å²) in [5.74, 6) is 1.70. The fourth-order valence-electron chi connectivity index (χ4n) is 4.50. The van der Waals surface area contributed by atoms with Crippen molar-refractivity contribution in [1.29, 1.82) is 0 Å². The third-order valence-electron chi connectivity index (χ3n) is 6.51. The van der Waals surface area contributed by atoms with Gasteiger partial charge in [-0.05, 0) is 102 Å². The molecule has 0 aliphatic carbocycles. The van der Waals surface area contributed by atoms with Crippen molar-refractivity contribution in [2.45, 2.75) is 69.6 Å². The SMILES string of the molecule is [2H]c1ccc(Nc2nc(Nc3cc(C)c(C4CCNCC4)cc3OC(C)C)ncc2Cl)c(S(=O)(=O)C(C)C)c1. The summed E-state index contributed by atoms with van der Waals surface area (Å²) in [6, 6.07) is 8.65. The zero-order valence-electron chi connectivity index (χ0n) is 23.4. The van der Waals surface area contributed by atoms with Crippen LogP contribution in [0.1, 0.15) is 59.0 Å². The quantitative estimate of drug-likeness (QED) is 0.278. The fourth-order valence-corrected chi connectivity index (χ4v) is 5.80. The maximum atomic E-state index is 13.0. The topological polar surface area (TPSA) is 105 Å². The lowest BCUT2D eigenvalue weighted by atomic mass is 9.87. The number of anilines is 4. The van der Waals surface area contributed by atoms with Crippen LogP contribution < -0.4 is 20.7 Å². The van der Waals surface area contributed by atoms with E-state index in [-0.39, 0.29) is 39.5 Å². The van der Waals surface area contributed by atoms with Gasteiger partial charge in [0.1, 0.15) is 10.8 Å². The van der Waals surface area contributed by atoms with Crippen LogP contribution in [0.5, 0.6) is 5.75 Å². The molecule has 4 rings (SSSR count). The maximum absolute atomic E-state index is 13.0. The van der Waals surface area contributed by atoms with E-state index < -0.39 is 15.1 Å². The van der Waals surface area contributed by atoms with Gasteiger partial charge in [-0.25, -0.2) is 13.4 Å². The second kappa shape index (κ2) is 11.9. The van der Waals surface area contributed by atoms with E-state index in [1.54, 1.807) is 19.9 Å². The van der Waals surface area contributed by atoms with Gasteiger partial charge < -0.3 is 20.7 Å². The smallest absolute Gasteiger partial charge is 0.229 e. The Bertz CT molecular complexity index is 1440. The number of halogens is 1. The summed E-state index contributed by atoms with van der Waals surface area (Å²) in [5, 5.41) is 9.30. The van der Waals surface area contributed by atoms with Crippen molar-refractivity contribution in [2.24, 2.45) is 0 Å². The van der Waals surface area contributed by atoms with Crippen LogP contribution >= 0.6 is 11.6 Å². The van der Waals surface area contributed by atoms with Crippen LogP contribution in [0.4, 0.5) is 23.1 Å². The largest absolute Gasteiger partial charge is 0.489 e. The van der Waals surface area contributed by atoms with E-state index in [1.165, 1.54) is 23.9 Å². The lowest BCUT2D eigenvalue weighted by Crippen LogP contribution is -2.27. The summed E-state index contributed by atoms with van der Waals surface area (Å²) >= 11 is 6.41. The molecule has 3 N–H and O–H groups in total. The van der Waals surface area contributed by atoms with Crippen molar-refractivity contribution in [1.82, 2.24) is 15.3 Å². The van der Waals surface area contributed by atoms with Gasteiger partial charge >= 0.3 is 0 Å². The number of nitrogens with one attached hydrogen (secondary N) is 3. The molecule has 0 saturated carbocycles. The van der Waals surface area contributed by atoms with E-state index in [0.717, 1.165) is 37.2 Å². The lowest BCUT2D eigenvalue weighted by Gasteiger charge is -2.26. The van der Waals surface area contributed by atoms with E-state index in [2.05, 4.69) is 45.0 Å². The molecule has 0 spiro atoms. The number of sulfone groups is 1. The number of aromatic nitrogens is 2. The average Bonchev–Trinajstić information content (AvgIpc) is 2.88. The maximum Gasteiger partial charge on any atom is 0.229 e. The predicted molar refractivity (Wildman–Crippen MR) is 154 cm³/mol. The van der Waals surface area contributed by atoms with Crippen LogP contribution in [0.15, 0.2) is 47.5 Å². The molecular weight excluding hydrogens is 522 g/mol. The minimum atomic E-state index is -3.66. The molecule has 1 saturated heterocycles. The average molecular weight is 559 g/mol. The number of ether oxygens (including phenoxy) is 1. The van der Waals surface area contributed by atoms with Gasteiger partial charge in [-0.2, -0.15) is 4.98 Å². The van der Waals surface area contributed by atoms with Gasteiger partial charge in [-0.15, -0.1) is 0 Å². The molecule has 1 aromatic heterocycles. The van der Waals surface area contributed by atoms with E-state index in [9.17, 15) is 8.42 Å². The summed E-state index contributed by atoms with van der Waals surface area (Å²) in [6.07, 6.45) is 3.59. The van der Waals surface area contributed by atoms with Crippen molar-refractivity contribution < 1.29 is 14.5 Å². The highest BCUT2D eigenvalue weighted by molar-refractivity contribution is 7.92. The highest BCUT2D eigenvalue weighted by Crippen LogP contribution is 2.37. The van der Waals surface area contributed by atoms with E-state index in [0.29, 0.717) is 11.7 Å². The Balaban J connectivity index is 1.67. The number of hydrogen-bond acceptors (Lipinski definition) is 8. The molecule has 0 atom stereocenters. The van der Waals surface area contributed by atoms with Crippen LogP contribution in [-0.4, -0.2) is 42.8 Å². The number of hydrogen-bond donors (Lipinski definition) is 3. The first kappa shape index (κ1) is 26.7. The number of para-hydroxylation sites is 1. The number of benzene rings is 2. The van der Waals surface area contributed by atoms with Crippen molar-refractivity contribution in [2.75, 3.05) is 23.7 Å². The number of aryl methyl sites for hydroxylation is 1. The first-order valence-electron chi connectivity index (χ1n) is 13.4. The van der Waals surface area contributed by atoms with E-state index >= 15 is 0 Å². The number of rotatable bonds is 9. The van der Waals surface area contributed by atoms with Gasteiger partial charge in [-0.1, -0.05) is 23.7 Å². The number of piperidine rings is 1. The van der Waals surface area contributed by atoms with Gasteiger partial charge in [-0.3, -0.25) is 0 Å². The van der Waals surface area contributed by atoms with Gasteiger partial charge in [0, 0.05) is 0 Å².